The van der Waals surface area contributed by atoms with Gasteiger partial charge in [-0.15, -0.1) is 0 Å². The van der Waals surface area contributed by atoms with Crippen LogP contribution in [0.15, 0.2) is 23.1 Å². The molecule has 0 aromatic rings. The third-order valence-corrected chi connectivity index (χ3v) is 2.56. The van der Waals surface area contributed by atoms with Crippen molar-refractivity contribution in [1.29, 1.82) is 0 Å². The summed E-state index contributed by atoms with van der Waals surface area (Å²) in [5.41, 5.74) is 0. The van der Waals surface area contributed by atoms with Crippen molar-refractivity contribution in [3.8, 4) is 0 Å². The van der Waals surface area contributed by atoms with Crippen LogP contribution in [-0.2, 0) is 4.18 Å². The summed E-state index contributed by atoms with van der Waals surface area (Å²) in [6.07, 6.45) is 7.61. The number of allylic oxidation sites excluding steroid dienone is 3. The zero-order valence-corrected chi connectivity index (χ0v) is 5.86. The smallest absolute Gasteiger partial charge is 0.0695 e. The molecule has 48 valence electrons. The van der Waals surface area contributed by atoms with Crippen LogP contribution in [0, 0.1) is 5.92 Å². The molecule has 1 nitrogen and oxygen atoms in total. The van der Waals surface area contributed by atoms with Gasteiger partial charge in [0.15, 0.2) is 0 Å². The SMILES string of the molecule is C1=CCC2COSC2=C1. The van der Waals surface area contributed by atoms with E-state index >= 15 is 0 Å². The molecule has 2 aliphatic rings. The summed E-state index contributed by atoms with van der Waals surface area (Å²) in [5, 5.41) is 0. The van der Waals surface area contributed by atoms with E-state index in [1.165, 1.54) is 23.4 Å². The first kappa shape index (κ1) is 5.57. The van der Waals surface area contributed by atoms with Gasteiger partial charge in [0.1, 0.15) is 0 Å². The first-order chi connectivity index (χ1) is 4.47. The lowest BCUT2D eigenvalue weighted by Crippen LogP contribution is -2.00. The van der Waals surface area contributed by atoms with Gasteiger partial charge in [0.2, 0.25) is 0 Å². The fourth-order valence-electron chi connectivity index (χ4n) is 1.09. The van der Waals surface area contributed by atoms with E-state index in [4.69, 9.17) is 4.18 Å². The third kappa shape index (κ3) is 0.926. The summed E-state index contributed by atoms with van der Waals surface area (Å²) in [6, 6.07) is 0. The Hall–Kier alpha value is -0.210. The number of hydrogen-bond donors (Lipinski definition) is 0. The van der Waals surface area contributed by atoms with Gasteiger partial charge < -0.3 is 4.18 Å². The predicted octanol–water partition coefficient (Wildman–Crippen LogP) is 2.12. The van der Waals surface area contributed by atoms with Gasteiger partial charge in [0, 0.05) is 22.9 Å². The van der Waals surface area contributed by atoms with E-state index in [-0.39, 0.29) is 0 Å². The summed E-state index contributed by atoms with van der Waals surface area (Å²) in [6.45, 7) is 0.904. The predicted molar refractivity (Wildman–Crippen MR) is 38.9 cm³/mol. The number of rotatable bonds is 0. The summed E-state index contributed by atoms with van der Waals surface area (Å²) < 4.78 is 5.20. The molecule has 9 heavy (non-hydrogen) atoms. The molecule has 1 heterocycles. The molecular weight excluding hydrogens is 132 g/mol. The standard InChI is InChI=1S/C7H8OS/c1-2-4-7-6(3-1)5-8-9-7/h1-2,4,6H,3,5H2. The van der Waals surface area contributed by atoms with Crippen molar-refractivity contribution in [2.45, 2.75) is 6.42 Å². The van der Waals surface area contributed by atoms with Crippen LogP contribution in [0.2, 0.25) is 0 Å². The first-order valence-electron chi connectivity index (χ1n) is 3.13. The Bertz CT molecular complexity index is 172. The fraction of sp³-hybridized carbons (Fsp3) is 0.429. The maximum atomic E-state index is 5.20. The Balaban J connectivity index is 2.23. The molecule has 1 saturated heterocycles. The Kier molecular flexibility index (Phi) is 1.36. The van der Waals surface area contributed by atoms with Crippen LogP contribution >= 0.6 is 12.0 Å². The van der Waals surface area contributed by atoms with Gasteiger partial charge in [-0.05, 0) is 6.42 Å². The highest BCUT2D eigenvalue weighted by molar-refractivity contribution is 7.98. The van der Waals surface area contributed by atoms with Crippen molar-refractivity contribution in [3.05, 3.63) is 23.1 Å². The first-order valence-corrected chi connectivity index (χ1v) is 3.87. The van der Waals surface area contributed by atoms with Crippen molar-refractivity contribution in [3.63, 3.8) is 0 Å². The van der Waals surface area contributed by atoms with E-state index in [0.29, 0.717) is 5.92 Å². The fourth-order valence-corrected chi connectivity index (χ4v) is 1.89. The molecule has 0 aromatic heterocycles. The van der Waals surface area contributed by atoms with Gasteiger partial charge in [0.05, 0.1) is 6.61 Å². The van der Waals surface area contributed by atoms with Gasteiger partial charge in [-0.3, -0.25) is 0 Å². The van der Waals surface area contributed by atoms with Crippen LogP contribution in [0.3, 0.4) is 0 Å². The second kappa shape index (κ2) is 2.20. The molecule has 0 bridgehead atoms. The molecular formula is C7H8OS. The quantitative estimate of drug-likeness (QED) is 0.477. The van der Waals surface area contributed by atoms with Crippen molar-refractivity contribution in [2.24, 2.45) is 5.92 Å². The van der Waals surface area contributed by atoms with E-state index in [1.54, 1.807) is 0 Å². The highest BCUT2D eigenvalue weighted by Gasteiger charge is 2.22. The van der Waals surface area contributed by atoms with E-state index in [1.807, 2.05) is 0 Å². The molecule has 2 heteroatoms. The average Bonchev–Trinajstić information content (AvgIpc) is 2.33. The molecule has 1 atom stereocenters. The Morgan fingerprint density at radius 2 is 2.67 bits per heavy atom. The monoisotopic (exact) mass is 140 g/mol. The van der Waals surface area contributed by atoms with Crippen LogP contribution in [0.5, 0.6) is 0 Å². The summed E-state index contributed by atoms with van der Waals surface area (Å²) in [5.74, 6) is 0.681. The summed E-state index contributed by atoms with van der Waals surface area (Å²) >= 11 is 1.54. The van der Waals surface area contributed by atoms with Crippen molar-refractivity contribution >= 4 is 12.0 Å². The van der Waals surface area contributed by atoms with Crippen LogP contribution < -0.4 is 0 Å². The largest absolute Gasteiger partial charge is 0.310 e. The number of hydrogen-bond acceptors (Lipinski definition) is 2. The van der Waals surface area contributed by atoms with Gasteiger partial charge in [-0.1, -0.05) is 18.2 Å². The van der Waals surface area contributed by atoms with Crippen LogP contribution in [0.4, 0.5) is 0 Å². The molecule has 0 saturated carbocycles. The van der Waals surface area contributed by atoms with Crippen molar-refractivity contribution in [1.82, 2.24) is 0 Å². The Morgan fingerprint density at radius 1 is 1.67 bits per heavy atom. The molecule has 0 radical (unpaired) electrons. The molecule has 0 spiro atoms. The van der Waals surface area contributed by atoms with E-state index in [0.717, 1.165) is 6.61 Å². The highest BCUT2D eigenvalue weighted by atomic mass is 32.2. The van der Waals surface area contributed by atoms with Gasteiger partial charge in [-0.25, -0.2) is 0 Å². The zero-order chi connectivity index (χ0) is 6.10. The van der Waals surface area contributed by atoms with E-state index < -0.39 is 0 Å². The van der Waals surface area contributed by atoms with Crippen molar-refractivity contribution in [2.75, 3.05) is 6.61 Å². The lowest BCUT2D eigenvalue weighted by atomic mass is 10.0. The second-order valence-electron chi connectivity index (χ2n) is 2.30. The summed E-state index contributed by atoms with van der Waals surface area (Å²) in [7, 11) is 0. The molecule has 2 rings (SSSR count). The minimum Gasteiger partial charge on any atom is -0.310 e. The molecule has 1 aliphatic heterocycles. The van der Waals surface area contributed by atoms with Gasteiger partial charge in [0.25, 0.3) is 0 Å². The topological polar surface area (TPSA) is 9.23 Å². The average molecular weight is 140 g/mol. The maximum absolute atomic E-state index is 5.20. The minimum atomic E-state index is 0.681. The van der Waals surface area contributed by atoms with E-state index in [9.17, 15) is 0 Å². The Labute approximate surface area is 59.0 Å². The molecule has 1 fully saturated rings. The molecule has 0 aromatic carbocycles. The van der Waals surface area contributed by atoms with Crippen LogP contribution in [0.1, 0.15) is 6.42 Å². The van der Waals surface area contributed by atoms with E-state index in [2.05, 4.69) is 18.2 Å². The van der Waals surface area contributed by atoms with Gasteiger partial charge >= 0.3 is 0 Å². The molecule has 0 N–H and O–H groups in total. The maximum Gasteiger partial charge on any atom is 0.0695 e. The molecule has 1 unspecified atom stereocenters. The van der Waals surface area contributed by atoms with Crippen molar-refractivity contribution < 1.29 is 4.18 Å². The third-order valence-electron chi connectivity index (χ3n) is 1.64. The van der Waals surface area contributed by atoms with Crippen LogP contribution in [-0.4, -0.2) is 6.61 Å². The lowest BCUT2D eigenvalue weighted by Gasteiger charge is -2.06. The zero-order valence-electron chi connectivity index (χ0n) is 5.04. The lowest BCUT2D eigenvalue weighted by molar-refractivity contribution is 0.348. The highest BCUT2D eigenvalue weighted by Crippen LogP contribution is 2.37. The minimum absolute atomic E-state index is 0.681. The summed E-state index contributed by atoms with van der Waals surface area (Å²) in [4.78, 5) is 1.40. The molecule has 0 amide bonds. The van der Waals surface area contributed by atoms with Crippen LogP contribution in [0.25, 0.3) is 0 Å². The second-order valence-corrected chi connectivity index (χ2v) is 3.17. The Morgan fingerprint density at radius 3 is 3.56 bits per heavy atom. The number of fused-ring (bicyclic) bond motifs is 1. The molecule has 1 aliphatic carbocycles. The van der Waals surface area contributed by atoms with Gasteiger partial charge in [-0.2, -0.15) is 0 Å². The normalized spacial score (nSPS) is 32.0.